The van der Waals surface area contributed by atoms with E-state index in [4.69, 9.17) is 0 Å². The molecule has 0 fully saturated rings. The van der Waals surface area contributed by atoms with Crippen LogP contribution in [0.5, 0.6) is 0 Å². The Balaban J connectivity index is 2.17. The highest BCUT2D eigenvalue weighted by atomic mass is 79.9. The van der Waals surface area contributed by atoms with Gasteiger partial charge in [-0.15, -0.1) is 0 Å². The fourth-order valence-corrected chi connectivity index (χ4v) is 2.82. The van der Waals surface area contributed by atoms with E-state index < -0.39 is 0 Å². The van der Waals surface area contributed by atoms with Gasteiger partial charge in [-0.1, -0.05) is 22.0 Å². The van der Waals surface area contributed by atoms with Gasteiger partial charge in [0.15, 0.2) is 0 Å². The lowest BCUT2D eigenvalue weighted by Gasteiger charge is -2.16. The Morgan fingerprint density at radius 3 is 2.81 bits per heavy atom. The maximum Gasteiger partial charge on any atom is 0.124 e. The van der Waals surface area contributed by atoms with Gasteiger partial charge in [0, 0.05) is 21.6 Å². The van der Waals surface area contributed by atoms with Gasteiger partial charge in [0.25, 0.3) is 0 Å². The normalized spacial score (nSPS) is 12.4. The third kappa shape index (κ3) is 2.62. The van der Waals surface area contributed by atoms with E-state index in [1.165, 1.54) is 12.1 Å². The first-order chi connectivity index (χ1) is 7.66. The highest BCUT2D eigenvalue weighted by Crippen LogP contribution is 2.27. The first-order valence-electron chi connectivity index (χ1n) is 4.90. The Labute approximate surface area is 106 Å². The third-order valence-electron chi connectivity index (χ3n) is 2.33. The standard InChI is InChI=1S/C12H11BrFNS/c1-8(15-10-4-5-16-7-10)11-3-2-9(14)6-12(11)13/h2-8,15H,1H3. The van der Waals surface area contributed by atoms with Gasteiger partial charge in [0.1, 0.15) is 5.82 Å². The van der Waals surface area contributed by atoms with Crippen LogP contribution in [0.4, 0.5) is 10.1 Å². The molecule has 16 heavy (non-hydrogen) atoms. The van der Waals surface area contributed by atoms with Crippen molar-refractivity contribution in [1.29, 1.82) is 0 Å². The molecule has 0 saturated heterocycles. The monoisotopic (exact) mass is 299 g/mol. The molecule has 2 aromatic rings. The summed E-state index contributed by atoms with van der Waals surface area (Å²) in [5.41, 5.74) is 2.14. The van der Waals surface area contributed by atoms with Crippen molar-refractivity contribution in [3.63, 3.8) is 0 Å². The van der Waals surface area contributed by atoms with Crippen molar-refractivity contribution in [1.82, 2.24) is 0 Å². The SMILES string of the molecule is CC(Nc1ccsc1)c1ccc(F)cc1Br. The molecule has 0 spiro atoms. The molecule has 1 unspecified atom stereocenters. The van der Waals surface area contributed by atoms with Gasteiger partial charge in [-0.05, 0) is 36.1 Å². The van der Waals surface area contributed by atoms with Crippen LogP contribution in [0.15, 0.2) is 39.5 Å². The molecule has 84 valence electrons. The van der Waals surface area contributed by atoms with Crippen LogP contribution in [0.2, 0.25) is 0 Å². The van der Waals surface area contributed by atoms with E-state index >= 15 is 0 Å². The Hall–Kier alpha value is -0.870. The zero-order valence-corrected chi connectivity index (χ0v) is 11.1. The molecule has 2 rings (SSSR count). The highest BCUT2D eigenvalue weighted by molar-refractivity contribution is 9.10. The number of nitrogens with one attached hydrogen (secondary N) is 1. The minimum absolute atomic E-state index is 0.143. The van der Waals surface area contributed by atoms with Crippen molar-refractivity contribution in [2.45, 2.75) is 13.0 Å². The number of rotatable bonds is 3. The molecule has 1 heterocycles. The minimum atomic E-state index is -0.224. The van der Waals surface area contributed by atoms with Gasteiger partial charge < -0.3 is 5.32 Å². The lowest BCUT2D eigenvalue weighted by Crippen LogP contribution is -2.06. The lowest BCUT2D eigenvalue weighted by atomic mass is 10.1. The van der Waals surface area contributed by atoms with Crippen molar-refractivity contribution < 1.29 is 4.39 Å². The molecule has 1 nitrogen and oxygen atoms in total. The fraction of sp³-hybridized carbons (Fsp3) is 0.167. The van der Waals surface area contributed by atoms with Crippen LogP contribution < -0.4 is 5.32 Å². The summed E-state index contributed by atoms with van der Waals surface area (Å²) in [6, 6.07) is 6.93. The van der Waals surface area contributed by atoms with E-state index in [1.807, 2.05) is 16.8 Å². The number of anilines is 1. The first kappa shape index (κ1) is 11.6. The van der Waals surface area contributed by atoms with Crippen LogP contribution in [-0.4, -0.2) is 0 Å². The van der Waals surface area contributed by atoms with Crippen LogP contribution in [0.1, 0.15) is 18.5 Å². The summed E-state index contributed by atoms with van der Waals surface area (Å²) in [7, 11) is 0. The van der Waals surface area contributed by atoms with Gasteiger partial charge in [-0.25, -0.2) is 4.39 Å². The summed E-state index contributed by atoms with van der Waals surface area (Å²) in [6.45, 7) is 2.05. The van der Waals surface area contributed by atoms with Crippen LogP contribution in [0.25, 0.3) is 0 Å². The smallest absolute Gasteiger partial charge is 0.124 e. The molecule has 1 N–H and O–H groups in total. The van der Waals surface area contributed by atoms with Crippen LogP contribution in [0.3, 0.4) is 0 Å². The summed E-state index contributed by atoms with van der Waals surface area (Å²) >= 11 is 5.02. The van der Waals surface area contributed by atoms with Crippen molar-refractivity contribution in [2.24, 2.45) is 0 Å². The summed E-state index contributed by atoms with van der Waals surface area (Å²) in [6.07, 6.45) is 0. The van der Waals surface area contributed by atoms with Gasteiger partial charge in [0.2, 0.25) is 0 Å². The predicted molar refractivity (Wildman–Crippen MR) is 70.5 cm³/mol. The van der Waals surface area contributed by atoms with Crippen LogP contribution >= 0.6 is 27.3 Å². The molecule has 1 aromatic carbocycles. The van der Waals surface area contributed by atoms with Crippen molar-refractivity contribution in [3.05, 3.63) is 50.9 Å². The average Bonchev–Trinajstić information content (AvgIpc) is 2.70. The van der Waals surface area contributed by atoms with E-state index in [0.29, 0.717) is 0 Å². The largest absolute Gasteiger partial charge is 0.378 e. The molecule has 0 aliphatic rings. The average molecular weight is 300 g/mol. The maximum absolute atomic E-state index is 12.9. The Bertz CT molecular complexity index is 470. The van der Waals surface area contributed by atoms with Gasteiger partial charge in [-0.2, -0.15) is 11.3 Å². The van der Waals surface area contributed by atoms with Crippen LogP contribution in [0, 0.1) is 5.82 Å². The quantitative estimate of drug-likeness (QED) is 0.856. The Morgan fingerprint density at radius 1 is 1.38 bits per heavy atom. The molecule has 0 aliphatic carbocycles. The molecule has 0 saturated carbocycles. The van der Waals surface area contributed by atoms with E-state index in [9.17, 15) is 4.39 Å². The fourth-order valence-electron chi connectivity index (χ4n) is 1.53. The molecule has 0 radical (unpaired) electrons. The minimum Gasteiger partial charge on any atom is -0.378 e. The summed E-state index contributed by atoms with van der Waals surface area (Å²) in [5, 5.41) is 7.43. The second-order valence-corrected chi connectivity index (χ2v) is 5.18. The summed E-state index contributed by atoms with van der Waals surface area (Å²) in [5.74, 6) is -0.224. The van der Waals surface area contributed by atoms with E-state index in [1.54, 1.807) is 17.4 Å². The Morgan fingerprint density at radius 2 is 2.19 bits per heavy atom. The molecule has 0 amide bonds. The van der Waals surface area contributed by atoms with Crippen molar-refractivity contribution in [3.8, 4) is 0 Å². The zero-order valence-electron chi connectivity index (χ0n) is 8.71. The lowest BCUT2D eigenvalue weighted by molar-refractivity contribution is 0.625. The molecule has 0 bridgehead atoms. The van der Waals surface area contributed by atoms with Gasteiger partial charge >= 0.3 is 0 Å². The van der Waals surface area contributed by atoms with E-state index in [0.717, 1.165) is 15.7 Å². The second-order valence-electron chi connectivity index (χ2n) is 3.54. The first-order valence-corrected chi connectivity index (χ1v) is 6.64. The second kappa shape index (κ2) is 4.97. The molecule has 0 aliphatic heterocycles. The third-order valence-corrected chi connectivity index (χ3v) is 3.70. The van der Waals surface area contributed by atoms with Crippen molar-refractivity contribution in [2.75, 3.05) is 5.32 Å². The number of hydrogen-bond acceptors (Lipinski definition) is 2. The number of halogens is 2. The van der Waals surface area contributed by atoms with E-state index in [2.05, 4.69) is 28.2 Å². The molecular formula is C12H11BrFNS. The topological polar surface area (TPSA) is 12.0 Å². The maximum atomic E-state index is 12.9. The summed E-state index contributed by atoms with van der Waals surface area (Å²) in [4.78, 5) is 0. The molecule has 4 heteroatoms. The Kier molecular flexibility index (Phi) is 3.61. The summed E-state index contributed by atoms with van der Waals surface area (Å²) < 4.78 is 13.7. The van der Waals surface area contributed by atoms with Gasteiger partial charge in [-0.3, -0.25) is 0 Å². The molecule has 1 aromatic heterocycles. The molecular weight excluding hydrogens is 289 g/mol. The van der Waals surface area contributed by atoms with Crippen LogP contribution in [-0.2, 0) is 0 Å². The number of hydrogen-bond donors (Lipinski definition) is 1. The predicted octanol–water partition coefficient (Wildman–Crippen LogP) is 4.82. The number of benzene rings is 1. The molecule has 1 atom stereocenters. The van der Waals surface area contributed by atoms with E-state index in [-0.39, 0.29) is 11.9 Å². The van der Waals surface area contributed by atoms with Gasteiger partial charge in [0.05, 0.1) is 0 Å². The zero-order chi connectivity index (χ0) is 11.5. The highest BCUT2D eigenvalue weighted by Gasteiger charge is 2.09. The number of thiophene rings is 1. The van der Waals surface area contributed by atoms with Crippen molar-refractivity contribution >= 4 is 33.0 Å².